The minimum Gasteiger partial charge on any atom is -0.377 e. The number of carbonyl (C=O) groups is 1. The van der Waals surface area contributed by atoms with Gasteiger partial charge in [0.1, 0.15) is 4.90 Å². The van der Waals surface area contributed by atoms with Crippen molar-refractivity contribution in [3.63, 3.8) is 0 Å². The van der Waals surface area contributed by atoms with Crippen molar-refractivity contribution < 1.29 is 17.4 Å². The Balaban J connectivity index is 1.52. The highest BCUT2D eigenvalue weighted by atomic mass is 35.5. The van der Waals surface area contributed by atoms with Crippen LogP contribution in [0, 0.1) is 6.92 Å². The molecule has 1 amide bonds. The molecule has 0 atom stereocenters. The Hall–Kier alpha value is -3.07. The first-order chi connectivity index (χ1) is 15.3. The van der Waals surface area contributed by atoms with E-state index in [0.29, 0.717) is 15.6 Å². The number of thioether (sulfide) groups is 1. The summed E-state index contributed by atoms with van der Waals surface area (Å²) in [6.07, 6.45) is 1.65. The maximum atomic E-state index is 12.5. The summed E-state index contributed by atoms with van der Waals surface area (Å²) in [5, 5.41) is 3.30. The highest BCUT2D eigenvalue weighted by Gasteiger charge is 2.24. The summed E-state index contributed by atoms with van der Waals surface area (Å²) in [6, 6.07) is 20.2. The molecular weight excluding hydrogens is 468 g/mol. The largest absolute Gasteiger partial charge is 0.377 e. The first-order valence-corrected chi connectivity index (χ1v) is 12.1. The summed E-state index contributed by atoms with van der Waals surface area (Å²) in [7, 11) is -4.02. The van der Waals surface area contributed by atoms with Crippen LogP contribution in [-0.2, 0) is 14.9 Å². The predicted octanol–water partition coefficient (Wildman–Crippen LogP) is 5.31. The molecule has 1 aliphatic heterocycles. The molecule has 1 fully saturated rings. The van der Waals surface area contributed by atoms with Gasteiger partial charge in [-0.2, -0.15) is 8.42 Å². The Bertz CT molecular complexity index is 1340. The van der Waals surface area contributed by atoms with Crippen LogP contribution in [0.5, 0.6) is 5.75 Å². The van der Waals surface area contributed by atoms with E-state index in [2.05, 4.69) is 10.3 Å². The molecule has 6 nitrogen and oxygen atoms in total. The smallest absolute Gasteiger partial charge is 0.339 e. The number of aliphatic imine (C=N–C) groups is 1. The summed E-state index contributed by atoms with van der Waals surface area (Å²) in [6.45, 7) is 1.86. The van der Waals surface area contributed by atoms with Crippen LogP contribution < -0.4 is 9.50 Å². The van der Waals surface area contributed by atoms with Gasteiger partial charge in [-0.05, 0) is 66.7 Å². The lowest BCUT2D eigenvalue weighted by molar-refractivity contribution is -0.115. The number of benzene rings is 3. The third-order valence-corrected chi connectivity index (χ3v) is 6.85. The molecule has 3 aromatic rings. The lowest BCUT2D eigenvalue weighted by Gasteiger charge is -2.09. The van der Waals surface area contributed by atoms with Gasteiger partial charge in [-0.15, -0.1) is 0 Å². The summed E-state index contributed by atoms with van der Waals surface area (Å²) >= 11 is 7.46. The highest BCUT2D eigenvalue weighted by Crippen LogP contribution is 2.32. The van der Waals surface area contributed by atoms with E-state index in [0.717, 1.165) is 11.3 Å². The number of nitrogens with one attached hydrogen (secondary N) is 1. The van der Waals surface area contributed by atoms with Gasteiger partial charge in [0.25, 0.3) is 5.91 Å². The summed E-state index contributed by atoms with van der Waals surface area (Å²) in [5.41, 5.74) is 2.29. The van der Waals surface area contributed by atoms with E-state index in [1.54, 1.807) is 24.3 Å². The third-order valence-electron chi connectivity index (χ3n) is 4.40. The second-order valence-corrected chi connectivity index (χ2v) is 9.84. The van der Waals surface area contributed by atoms with E-state index in [-0.39, 0.29) is 21.6 Å². The van der Waals surface area contributed by atoms with Crippen molar-refractivity contribution >= 4 is 56.3 Å². The van der Waals surface area contributed by atoms with Gasteiger partial charge in [0.2, 0.25) is 0 Å². The summed E-state index contributed by atoms with van der Waals surface area (Å²) in [5.74, 6) is -0.271. The van der Waals surface area contributed by atoms with Crippen molar-refractivity contribution in [2.24, 2.45) is 4.99 Å². The number of carbonyl (C=O) groups excluding carboxylic acids is 1. The van der Waals surface area contributed by atoms with Gasteiger partial charge in [-0.1, -0.05) is 53.6 Å². The van der Waals surface area contributed by atoms with Crippen LogP contribution >= 0.6 is 23.4 Å². The fourth-order valence-electron chi connectivity index (χ4n) is 2.80. The van der Waals surface area contributed by atoms with Crippen LogP contribution in [-0.4, -0.2) is 19.5 Å². The predicted molar refractivity (Wildman–Crippen MR) is 128 cm³/mol. The van der Waals surface area contributed by atoms with Gasteiger partial charge in [0.15, 0.2) is 10.9 Å². The molecule has 0 saturated carbocycles. The molecule has 9 heteroatoms. The quantitative estimate of drug-likeness (QED) is 0.392. The Kier molecular flexibility index (Phi) is 6.36. The molecule has 0 aliphatic carbocycles. The molecule has 0 unspecified atom stereocenters. The van der Waals surface area contributed by atoms with Crippen LogP contribution in [0.25, 0.3) is 6.08 Å². The Morgan fingerprint density at radius 3 is 2.44 bits per heavy atom. The molecule has 1 saturated heterocycles. The molecule has 1 heterocycles. The van der Waals surface area contributed by atoms with Crippen LogP contribution in [0.2, 0.25) is 5.02 Å². The lowest BCUT2D eigenvalue weighted by Crippen LogP contribution is -2.19. The van der Waals surface area contributed by atoms with Crippen LogP contribution in [0.3, 0.4) is 0 Å². The average Bonchev–Trinajstić information content (AvgIpc) is 3.09. The van der Waals surface area contributed by atoms with Crippen molar-refractivity contribution in [1.29, 1.82) is 0 Å². The third kappa shape index (κ3) is 5.21. The molecular formula is C23H17ClN2O4S2. The normalized spacial score (nSPS) is 16.4. The number of nitrogens with zero attached hydrogens (tertiary/aromatic N) is 1. The summed E-state index contributed by atoms with van der Waals surface area (Å²) < 4.78 is 30.2. The maximum Gasteiger partial charge on any atom is 0.339 e. The first kappa shape index (κ1) is 22.1. The Morgan fingerprint density at radius 1 is 1.03 bits per heavy atom. The van der Waals surface area contributed by atoms with Gasteiger partial charge < -0.3 is 9.50 Å². The topological polar surface area (TPSA) is 84.8 Å². The van der Waals surface area contributed by atoms with E-state index in [4.69, 9.17) is 15.8 Å². The molecule has 0 spiro atoms. The lowest BCUT2D eigenvalue weighted by atomic mass is 10.2. The van der Waals surface area contributed by atoms with E-state index in [9.17, 15) is 13.2 Å². The van der Waals surface area contributed by atoms with Gasteiger partial charge >= 0.3 is 10.1 Å². The molecule has 4 rings (SSSR count). The minimum atomic E-state index is -4.02. The Morgan fingerprint density at radius 2 is 1.75 bits per heavy atom. The SMILES string of the molecule is Cc1ccc(S(=O)(=O)Oc2ccc(C=C3SC(=Nc4ccccc4)NC3=O)cc2Cl)cc1. The zero-order valence-electron chi connectivity index (χ0n) is 16.8. The number of amidine groups is 1. The monoisotopic (exact) mass is 484 g/mol. The van der Waals surface area contributed by atoms with Crippen LogP contribution in [0.4, 0.5) is 5.69 Å². The molecule has 0 radical (unpaired) electrons. The standard InChI is InChI=1S/C23H17ClN2O4S2/c1-15-7-10-18(11-8-15)32(28,29)30-20-12-9-16(13-19(20)24)14-21-22(27)26-23(31-21)25-17-5-3-2-4-6-17/h2-14H,1H3,(H,25,26,27). The van der Waals surface area contributed by atoms with Gasteiger partial charge in [0.05, 0.1) is 15.6 Å². The van der Waals surface area contributed by atoms with Crippen molar-refractivity contribution in [2.75, 3.05) is 0 Å². The zero-order valence-corrected chi connectivity index (χ0v) is 19.2. The average molecular weight is 485 g/mol. The van der Waals surface area contributed by atoms with Crippen molar-refractivity contribution in [1.82, 2.24) is 5.32 Å². The zero-order chi connectivity index (χ0) is 22.7. The van der Waals surface area contributed by atoms with Gasteiger partial charge in [-0.25, -0.2) is 4.99 Å². The number of para-hydroxylation sites is 1. The van der Waals surface area contributed by atoms with Gasteiger partial charge in [-0.3, -0.25) is 4.79 Å². The number of halogens is 1. The molecule has 32 heavy (non-hydrogen) atoms. The minimum absolute atomic E-state index is 0.00393. The summed E-state index contributed by atoms with van der Waals surface area (Å²) in [4.78, 5) is 17.2. The van der Waals surface area contributed by atoms with Crippen molar-refractivity contribution in [3.05, 3.63) is 93.9 Å². The van der Waals surface area contributed by atoms with Crippen molar-refractivity contribution in [2.45, 2.75) is 11.8 Å². The number of hydrogen-bond donors (Lipinski definition) is 1. The molecule has 162 valence electrons. The molecule has 1 aliphatic rings. The number of rotatable bonds is 5. The second-order valence-electron chi connectivity index (χ2n) is 6.86. The fraction of sp³-hybridized carbons (Fsp3) is 0.0435. The second kappa shape index (κ2) is 9.20. The molecule has 0 bridgehead atoms. The van der Waals surface area contributed by atoms with E-state index < -0.39 is 10.1 Å². The maximum absolute atomic E-state index is 12.5. The number of amides is 1. The van der Waals surface area contributed by atoms with Gasteiger partial charge in [0, 0.05) is 0 Å². The molecule has 1 N–H and O–H groups in total. The number of aryl methyl sites for hydroxylation is 1. The Labute approximate surface area is 195 Å². The fourth-order valence-corrected chi connectivity index (χ4v) is 4.86. The molecule has 0 aromatic heterocycles. The number of hydrogen-bond acceptors (Lipinski definition) is 6. The first-order valence-electron chi connectivity index (χ1n) is 9.45. The van der Waals surface area contributed by atoms with Crippen LogP contribution in [0.1, 0.15) is 11.1 Å². The van der Waals surface area contributed by atoms with E-state index in [1.165, 1.54) is 36.0 Å². The van der Waals surface area contributed by atoms with E-state index in [1.807, 2.05) is 37.3 Å². The van der Waals surface area contributed by atoms with Crippen molar-refractivity contribution in [3.8, 4) is 5.75 Å². The van der Waals surface area contributed by atoms with E-state index >= 15 is 0 Å². The van der Waals surface area contributed by atoms with Crippen LogP contribution in [0.15, 0.2) is 87.6 Å². The molecule has 3 aromatic carbocycles. The highest BCUT2D eigenvalue weighted by molar-refractivity contribution is 8.18.